The van der Waals surface area contributed by atoms with Crippen LogP contribution in [-0.4, -0.2) is 23.9 Å². The number of hydrogen-bond donors (Lipinski definition) is 2. The van der Waals surface area contributed by atoms with E-state index >= 15 is 0 Å². The van der Waals surface area contributed by atoms with Gasteiger partial charge in [-0.1, -0.05) is 18.2 Å². The molecule has 1 aromatic carbocycles. The number of H-pyrrole nitrogens is 1. The van der Waals surface area contributed by atoms with Gasteiger partial charge < -0.3 is 10.5 Å². The summed E-state index contributed by atoms with van der Waals surface area (Å²) >= 11 is 0. The van der Waals surface area contributed by atoms with Crippen LogP contribution in [0.15, 0.2) is 30.3 Å². The summed E-state index contributed by atoms with van der Waals surface area (Å²) in [6, 6.07) is 10.4. The number of nitrogens with one attached hydrogen (secondary N) is 1. The normalized spacial score (nSPS) is 16.7. The Morgan fingerprint density at radius 2 is 2.22 bits per heavy atom. The summed E-state index contributed by atoms with van der Waals surface area (Å²) in [7, 11) is 1.76. The van der Waals surface area contributed by atoms with E-state index in [1.165, 1.54) is 18.4 Å². The number of benzene rings is 1. The van der Waals surface area contributed by atoms with Crippen molar-refractivity contribution in [2.24, 2.45) is 0 Å². The first-order valence-electron chi connectivity index (χ1n) is 6.14. The molecule has 0 bridgehead atoms. The molecule has 2 aromatic rings. The van der Waals surface area contributed by atoms with Gasteiger partial charge in [-0.2, -0.15) is 5.10 Å². The highest BCUT2D eigenvalue weighted by Gasteiger charge is 2.44. The van der Waals surface area contributed by atoms with Crippen molar-refractivity contribution < 1.29 is 4.74 Å². The average molecular weight is 243 g/mol. The second-order valence-electron chi connectivity index (χ2n) is 5.00. The van der Waals surface area contributed by atoms with Gasteiger partial charge in [0, 0.05) is 18.6 Å². The zero-order valence-corrected chi connectivity index (χ0v) is 10.4. The SMILES string of the molecule is COCC1(c2cccc(-c3cc(N)n[nH]3)c2)CC1. The number of ether oxygens (including phenoxy) is 1. The molecule has 4 heteroatoms. The highest BCUT2D eigenvalue weighted by molar-refractivity contribution is 5.63. The molecule has 18 heavy (non-hydrogen) atoms. The number of nitrogens with two attached hydrogens (primary N) is 1. The molecule has 0 aliphatic heterocycles. The van der Waals surface area contributed by atoms with Crippen molar-refractivity contribution in [3.05, 3.63) is 35.9 Å². The summed E-state index contributed by atoms with van der Waals surface area (Å²) in [5.41, 5.74) is 9.30. The maximum absolute atomic E-state index is 5.64. The summed E-state index contributed by atoms with van der Waals surface area (Å²) in [6.07, 6.45) is 2.41. The Morgan fingerprint density at radius 3 is 2.83 bits per heavy atom. The van der Waals surface area contributed by atoms with Crippen LogP contribution in [0, 0.1) is 0 Å². The van der Waals surface area contributed by atoms with E-state index < -0.39 is 0 Å². The summed E-state index contributed by atoms with van der Waals surface area (Å²) in [5.74, 6) is 0.522. The first kappa shape index (κ1) is 11.3. The van der Waals surface area contributed by atoms with Crippen molar-refractivity contribution in [2.45, 2.75) is 18.3 Å². The second kappa shape index (κ2) is 4.14. The van der Waals surface area contributed by atoms with Crippen LogP contribution in [0.25, 0.3) is 11.3 Å². The van der Waals surface area contributed by atoms with Crippen molar-refractivity contribution in [1.82, 2.24) is 10.2 Å². The van der Waals surface area contributed by atoms with Crippen LogP contribution in [0.5, 0.6) is 0 Å². The smallest absolute Gasteiger partial charge is 0.145 e. The van der Waals surface area contributed by atoms with Crippen LogP contribution in [0.1, 0.15) is 18.4 Å². The van der Waals surface area contributed by atoms with Crippen LogP contribution in [0.4, 0.5) is 5.82 Å². The van der Waals surface area contributed by atoms with Crippen molar-refractivity contribution >= 4 is 5.82 Å². The molecule has 1 heterocycles. The lowest BCUT2D eigenvalue weighted by Gasteiger charge is -2.15. The van der Waals surface area contributed by atoms with Gasteiger partial charge in [0.05, 0.1) is 12.3 Å². The molecule has 3 rings (SSSR count). The number of nitrogen functional groups attached to an aromatic ring is 1. The topological polar surface area (TPSA) is 63.9 Å². The van der Waals surface area contributed by atoms with Crippen LogP contribution < -0.4 is 5.73 Å². The quantitative estimate of drug-likeness (QED) is 0.866. The first-order valence-corrected chi connectivity index (χ1v) is 6.14. The molecule has 0 saturated heterocycles. The van der Waals surface area contributed by atoms with E-state index in [1.54, 1.807) is 7.11 Å². The molecule has 1 aliphatic carbocycles. The van der Waals surface area contributed by atoms with Gasteiger partial charge >= 0.3 is 0 Å². The van der Waals surface area contributed by atoms with Crippen molar-refractivity contribution in [2.75, 3.05) is 19.5 Å². The third kappa shape index (κ3) is 1.88. The van der Waals surface area contributed by atoms with E-state index in [-0.39, 0.29) is 5.41 Å². The zero-order chi connectivity index (χ0) is 12.6. The van der Waals surface area contributed by atoms with E-state index in [1.807, 2.05) is 6.07 Å². The van der Waals surface area contributed by atoms with Gasteiger partial charge in [0.15, 0.2) is 0 Å². The standard InChI is InChI=1S/C14H17N3O/c1-18-9-14(5-6-14)11-4-2-3-10(7-11)12-8-13(15)17-16-12/h2-4,7-8H,5-6,9H2,1H3,(H3,15,16,17). The third-order valence-electron chi connectivity index (χ3n) is 3.66. The number of anilines is 1. The van der Waals surface area contributed by atoms with Crippen LogP contribution in [0.3, 0.4) is 0 Å². The minimum atomic E-state index is 0.232. The predicted molar refractivity (Wildman–Crippen MR) is 71.2 cm³/mol. The second-order valence-corrected chi connectivity index (χ2v) is 5.00. The lowest BCUT2D eigenvalue weighted by molar-refractivity contribution is 0.171. The minimum absolute atomic E-state index is 0.232. The van der Waals surface area contributed by atoms with Gasteiger partial charge in [-0.05, 0) is 30.0 Å². The molecular weight excluding hydrogens is 226 g/mol. The van der Waals surface area contributed by atoms with E-state index in [0.717, 1.165) is 17.9 Å². The highest BCUT2D eigenvalue weighted by Crippen LogP contribution is 2.48. The fourth-order valence-electron chi connectivity index (χ4n) is 2.45. The monoisotopic (exact) mass is 243 g/mol. The molecule has 1 aromatic heterocycles. The number of aromatic nitrogens is 2. The fourth-order valence-corrected chi connectivity index (χ4v) is 2.45. The van der Waals surface area contributed by atoms with Gasteiger partial charge in [-0.25, -0.2) is 0 Å². The molecule has 0 spiro atoms. The summed E-state index contributed by atoms with van der Waals surface area (Å²) in [5, 5.41) is 6.91. The van der Waals surface area contributed by atoms with Crippen LogP contribution in [-0.2, 0) is 10.2 Å². The molecule has 3 N–H and O–H groups in total. The largest absolute Gasteiger partial charge is 0.384 e. The fraction of sp³-hybridized carbons (Fsp3) is 0.357. The van der Waals surface area contributed by atoms with Crippen molar-refractivity contribution in [3.63, 3.8) is 0 Å². The Kier molecular flexibility index (Phi) is 2.59. The third-order valence-corrected chi connectivity index (χ3v) is 3.66. The Balaban J connectivity index is 1.95. The number of aromatic amines is 1. The predicted octanol–water partition coefficient (Wildman–Crippen LogP) is 2.34. The van der Waals surface area contributed by atoms with Gasteiger partial charge in [0.2, 0.25) is 0 Å². The van der Waals surface area contributed by atoms with Crippen LogP contribution >= 0.6 is 0 Å². The molecule has 0 amide bonds. The van der Waals surface area contributed by atoms with Gasteiger partial charge in [0.25, 0.3) is 0 Å². The van der Waals surface area contributed by atoms with Crippen molar-refractivity contribution in [3.8, 4) is 11.3 Å². The molecule has 0 atom stereocenters. The van der Waals surface area contributed by atoms with E-state index in [2.05, 4.69) is 34.5 Å². The molecule has 0 unspecified atom stereocenters. The number of rotatable bonds is 4. The Bertz CT molecular complexity index is 558. The molecule has 1 saturated carbocycles. The molecule has 1 fully saturated rings. The lowest BCUT2D eigenvalue weighted by Crippen LogP contribution is -2.13. The molecule has 0 radical (unpaired) electrons. The summed E-state index contributed by atoms with van der Waals surface area (Å²) < 4.78 is 5.33. The van der Waals surface area contributed by atoms with E-state index in [4.69, 9.17) is 10.5 Å². The maximum Gasteiger partial charge on any atom is 0.145 e. The maximum atomic E-state index is 5.64. The Labute approximate surface area is 106 Å². The Hall–Kier alpha value is -1.81. The van der Waals surface area contributed by atoms with Gasteiger partial charge in [-0.15, -0.1) is 0 Å². The first-order chi connectivity index (χ1) is 8.73. The molecular formula is C14H17N3O. The lowest BCUT2D eigenvalue weighted by atomic mass is 9.94. The number of methoxy groups -OCH3 is 1. The van der Waals surface area contributed by atoms with Gasteiger partial charge in [0.1, 0.15) is 5.82 Å². The van der Waals surface area contributed by atoms with E-state index in [0.29, 0.717) is 5.82 Å². The number of nitrogens with zero attached hydrogens (tertiary/aromatic N) is 1. The van der Waals surface area contributed by atoms with E-state index in [9.17, 15) is 0 Å². The molecule has 4 nitrogen and oxygen atoms in total. The molecule has 94 valence electrons. The van der Waals surface area contributed by atoms with Gasteiger partial charge in [-0.3, -0.25) is 5.10 Å². The van der Waals surface area contributed by atoms with Crippen molar-refractivity contribution in [1.29, 1.82) is 0 Å². The summed E-state index contributed by atoms with van der Waals surface area (Å²) in [4.78, 5) is 0. The molecule has 1 aliphatic rings. The number of hydrogen-bond acceptors (Lipinski definition) is 3. The average Bonchev–Trinajstić information content (AvgIpc) is 3.04. The zero-order valence-electron chi connectivity index (χ0n) is 10.4. The Morgan fingerprint density at radius 1 is 1.39 bits per heavy atom. The minimum Gasteiger partial charge on any atom is -0.384 e. The van der Waals surface area contributed by atoms with Crippen LogP contribution in [0.2, 0.25) is 0 Å². The summed E-state index contributed by atoms with van der Waals surface area (Å²) in [6.45, 7) is 0.793. The highest BCUT2D eigenvalue weighted by atomic mass is 16.5.